The van der Waals surface area contributed by atoms with Crippen LogP contribution in [0.15, 0.2) is 24.5 Å². The molecule has 96 valence electrons. The number of aromatic amines is 1. The van der Waals surface area contributed by atoms with Gasteiger partial charge >= 0.3 is 0 Å². The second-order valence-electron chi connectivity index (χ2n) is 4.15. The normalized spacial score (nSPS) is 10.6. The topological polar surface area (TPSA) is 53.6 Å². The van der Waals surface area contributed by atoms with E-state index in [9.17, 15) is 0 Å². The number of H-pyrrole nitrogens is 1. The van der Waals surface area contributed by atoms with Gasteiger partial charge in [0.25, 0.3) is 0 Å². The Morgan fingerprint density at radius 3 is 3.06 bits per heavy atom. The van der Waals surface area contributed by atoms with Crippen LogP contribution in [0, 0.1) is 0 Å². The van der Waals surface area contributed by atoms with Crippen LogP contribution in [-0.4, -0.2) is 15.0 Å². The fourth-order valence-corrected chi connectivity index (χ4v) is 1.89. The molecule has 0 saturated heterocycles. The van der Waals surface area contributed by atoms with Crippen molar-refractivity contribution in [2.45, 2.75) is 32.7 Å². The summed E-state index contributed by atoms with van der Waals surface area (Å²) in [5.41, 5.74) is 1.89. The number of imidazole rings is 1. The summed E-state index contributed by atoms with van der Waals surface area (Å²) in [5.74, 6) is 0.963. The molecule has 2 aromatic heterocycles. The summed E-state index contributed by atoms with van der Waals surface area (Å²) in [6, 6.07) is 3.86. The number of rotatable bonds is 6. The molecule has 18 heavy (non-hydrogen) atoms. The molecular weight excluding hydrogens is 248 g/mol. The Balaban J connectivity index is 1.95. The van der Waals surface area contributed by atoms with Crippen LogP contribution in [0.2, 0.25) is 5.15 Å². The summed E-state index contributed by atoms with van der Waals surface area (Å²) in [6.07, 6.45) is 6.75. The summed E-state index contributed by atoms with van der Waals surface area (Å²) in [5, 5.41) is 3.81. The van der Waals surface area contributed by atoms with Crippen LogP contribution in [0.25, 0.3) is 0 Å². The number of aryl methyl sites for hydroxylation is 1. The third-order valence-corrected chi connectivity index (χ3v) is 2.99. The molecule has 2 heterocycles. The van der Waals surface area contributed by atoms with Gasteiger partial charge in [-0.25, -0.2) is 4.98 Å². The first kappa shape index (κ1) is 12.9. The number of nitrogens with zero attached hydrogens (tertiary/aromatic N) is 2. The zero-order valence-corrected chi connectivity index (χ0v) is 11.2. The highest BCUT2D eigenvalue weighted by Crippen LogP contribution is 2.15. The minimum atomic E-state index is 0.553. The van der Waals surface area contributed by atoms with E-state index in [1.54, 1.807) is 12.4 Å². The lowest BCUT2D eigenvalue weighted by atomic mass is 10.2. The van der Waals surface area contributed by atoms with Crippen molar-refractivity contribution in [1.29, 1.82) is 0 Å². The minimum absolute atomic E-state index is 0.553. The van der Waals surface area contributed by atoms with E-state index in [2.05, 4.69) is 27.2 Å². The van der Waals surface area contributed by atoms with Crippen molar-refractivity contribution >= 4 is 17.3 Å². The lowest BCUT2D eigenvalue weighted by Gasteiger charge is -2.03. The van der Waals surface area contributed by atoms with Gasteiger partial charge in [0.2, 0.25) is 0 Å². The van der Waals surface area contributed by atoms with E-state index in [1.807, 2.05) is 12.1 Å². The molecule has 0 aliphatic rings. The van der Waals surface area contributed by atoms with Crippen molar-refractivity contribution in [2.75, 3.05) is 5.32 Å². The summed E-state index contributed by atoms with van der Waals surface area (Å²) in [6.45, 7) is 2.79. The van der Waals surface area contributed by atoms with Crippen LogP contribution in [0.4, 0.5) is 5.69 Å². The smallest absolute Gasteiger partial charge is 0.152 e. The van der Waals surface area contributed by atoms with E-state index >= 15 is 0 Å². The van der Waals surface area contributed by atoms with Crippen LogP contribution < -0.4 is 5.32 Å². The Bertz CT molecular complexity index is 481. The maximum atomic E-state index is 6.09. The van der Waals surface area contributed by atoms with Crippen molar-refractivity contribution in [3.05, 3.63) is 41.2 Å². The summed E-state index contributed by atoms with van der Waals surface area (Å²) in [7, 11) is 0. The molecule has 0 aliphatic carbocycles. The quantitative estimate of drug-likeness (QED) is 0.841. The first-order valence-corrected chi connectivity index (χ1v) is 6.54. The third kappa shape index (κ3) is 3.47. The molecule has 2 N–H and O–H groups in total. The zero-order chi connectivity index (χ0) is 12.8. The lowest BCUT2D eigenvalue weighted by Crippen LogP contribution is -2.00. The molecule has 2 rings (SSSR count). The molecule has 0 saturated carbocycles. The van der Waals surface area contributed by atoms with E-state index in [0.717, 1.165) is 36.5 Å². The molecule has 4 nitrogen and oxygen atoms in total. The fourth-order valence-electron chi connectivity index (χ4n) is 1.68. The zero-order valence-electron chi connectivity index (χ0n) is 10.4. The monoisotopic (exact) mass is 264 g/mol. The SMILES string of the molecule is CCCCc1nc(Cl)c(CNc2cccnc2)[nH]1. The van der Waals surface area contributed by atoms with Gasteiger partial charge in [-0.3, -0.25) is 4.98 Å². The number of hydrogen-bond donors (Lipinski definition) is 2. The van der Waals surface area contributed by atoms with E-state index in [1.165, 1.54) is 0 Å². The van der Waals surface area contributed by atoms with Crippen molar-refractivity contribution in [1.82, 2.24) is 15.0 Å². The molecule has 0 atom stereocenters. The summed E-state index contributed by atoms with van der Waals surface area (Å²) in [4.78, 5) is 11.6. The van der Waals surface area contributed by atoms with E-state index in [4.69, 9.17) is 11.6 Å². The number of nitrogens with one attached hydrogen (secondary N) is 2. The first-order chi connectivity index (χ1) is 8.79. The van der Waals surface area contributed by atoms with Crippen LogP contribution in [0.5, 0.6) is 0 Å². The highest BCUT2D eigenvalue weighted by Gasteiger charge is 2.07. The van der Waals surface area contributed by atoms with Gasteiger partial charge < -0.3 is 10.3 Å². The second kappa shape index (κ2) is 6.40. The van der Waals surface area contributed by atoms with Gasteiger partial charge in [0.1, 0.15) is 5.82 Å². The summed E-state index contributed by atoms with van der Waals surface area (Å²) < 4.78 is 0. The van der Waals surface area contributed by atoms with Crippen molar-refractivity contribution in [3.63, 3.8) is 0 Å². The third-order valence-electron chi connectivity index (χ3n) is 2.68. The summed E-state index contributed by atoms with van der Waals surface area (Å²) >= 11 is 6.09. The number of unbranched alkanes of at least 4 members (excludes halogenated alkanes) is 1. The highest BCUT2D eigenvalue weighted by molar-refractivity contribution is 6.30. The highest BCUT2D eigenvalue weighted by atomic mass is 35.5. The molecule has 2 aromatic rings. The van der Waals surface area contributed by atoms with Gasteiger partial charge in [0.15, 0.2) is 5.15 Å². The van der Waals surface area contributed by atoms with Gasteiger partial charge in [0.05, 0.1) is 17.9 Å². The average molecular weight is 265 g/mol. The van der Waals surface area contributed by atoms with Gasteiger partial charge in [-0.15, -0.1) is 0 Å². The van der Waals surface area contributed by atoms with E-state index < -0.39 is 0 Å². The van der Waals surface area contributed by atoms with Crippen molar-refractivity contribution in [2.24, 2.45) is 0 Å². The predicted molar refractivity (Wildman–Crippen MR) is 73.8 cm³/mol. The predicted octanol–water partition coefficient (Wildman–Crippen LogP) is 3.41. The maximum absolute atomic E-state index is 6.09. The van der Waals surface area contributed by atoms with E-state index in [-0.39, 0.29) is 0 Å². The van der Waals surface area contributed by atoms with Gasteiger partial charge in [-0.1, -0.05) is 24.9 Å². The fraction of sp³-hybridized carbons (Fsp3) is 0.385. The number of hydrogen-bond acceptors (Lipinski definition) is 3. The Morgan fingerprint density at radius 2 is 2.33 bits per heavy atom. The molecular formula is C13H17ClN4. The lowest BCUT2D eigenvalue weighted by molar-refractivity contribution is 0.760. The van der Waals surface area contributed by atoms with Gasteiger partial charge in [-0.2, -0.15) is 0 Å². The van der Waals surface area contributed by atoms with Gasteiger partial charge in [-0.05, 0) is 18.6 Å². The molecule has 0 fully saturated rings. The Labute approximate surface area is 112 Å². The van der Waals surface area contributed by atoms with Crippen LogP contribution in [0.1, 0.15) is 31.3 Å². The Morgan fingerprint density at radius 1 is 1.44 bits per heavy atom. The molecule has 0 amide bonds. The largest absolute Gasteiger partial charge is 0.378 e. The van der Waals surface area contributed by atoms with E-state index in [0.29, 0.717) is 11.7 Å². The molecule has 0 unspecified atom stereocenters. The van der Waals surface area contributed by atoms with Crippen LogP contribution in [-0.2, 0) is 13.0 Å². The molecule has 0 spiro atoms. The Hall–Kier alpha value is -1.55. The molecule has 0 radical (unpaired) electrons. The van der Waals surface area contributed by atoms with Crippen molar-refractivity contribution in [3.8, 4) is 0 Å². The van der Waals surface area contributed by atoms with Crippen molar-refractivity contribution < 1.29 is 0 Å². The number of halogens is 1. The van der Waals surface area contributed by atoms with Crippen LogP contribution in [0.3, 0.4) is 0 Å². The standard InChI is InChI=1S/C13H17ClN4/c1-2-3-6-12-17-11(13(14)18-12)9-16-10-5-4-7-15-8-10/h4-5,7-8,16H,2-3,6,9H2,1H3,(H,17,18). The Kier molecular flexibility index (Phi) is 4.59. The minimum Gasteiger partial charge on any atom is -0.378 e. The first-order valence-electron chi connectivity index (χ1n) is 6.16. The number of aromatic nitrogens is 3. The second-order valence-corrected chi connectivity index (χ2v) is 4.51. The maximum Gasteiger partial charge on any atom is 0.152 e. The number of anilines is 1. The molecule has 0 bridgehead atoms. The van der Waals surface area contributed by atoms with Gasteiger partial charge in [0, 0.05) is 18.8 Å². The molecule has 5 heteroatoms. The average Bonchev–Trinajstić information content (AvgIpc) is 2.76. The number of pyridine rings is 1. The molecule has 0 aromatic carbocycles. The molecule has 0 aliphatic heterocycles. The van der Waals surface area contributed by atoms with Crippen LogP contribution >= 0.6 is 11.6 Å².